The molecular formula is C16H26N4O. The molecule has 1 aliphatic heterocycles. The van der Waals surface area contributed by atoms with Crippen molar-refractivity contribution in [2.45, 2.75) is 26.8 Å². The van der Waals surface area contributed by atoms with E-state index in [1.807, 2.05) is 36.9 Å². The van der Waals surface area contributed by atoms with Crippen molar-refractivity contribution >= 4 is 5.91 Å². The molecule has 5 nitrogen and oxygen atoms in total. The van der Waals surface area contributed by atoms with Crippen LogP contribution in [-0.2, 0) is 11.3 Å². The number of pyridine rings is 1. The van der Waals surface area contributed by atoms with Gasteiger partial charge in [-0.1, -0.05) is 6.07 Å². The van der Waals surface area contributed by atoms with Crippen LogP contribution in [0.2, 0.25) is 0 Å². The van der Waals surface area contributed by atoms with Gasteiger partial charge in [0.25, 0.3) is 0 Å². The second-order valence-electron chi connectivity index (χ2n) is 5.56. The first-order valence-corrected chi connectivity index (χ1v) is 7.82. The van der Waals surface area contributed by atoms with Gasteiger partial charge in [-0.2, -0.15) is 0 Å². The molecule has 1 aromatic rings. The summed E-state index contributed by atoms with van der Waals surface area (Å²) >= 11 is 0. The van der Waals surface area contributed by atoms with Crippen molar-refractivity contribution in [2.75, 3.05) is 39.3 Å². The standard InChI is InChI=1S/C16H26N4O/c1-3-20(12-15-7-4-6-14(2)18-15)16(21)13-19-10-5-8-17-9-11-19/h4,6-7,17H,3,5,8-13H2,1-2H3. The highest BCUT2D eigenvalue weighted by molar-refractivity contribution is 5.78. The fourth-order valence-electron chi connectivity index (χ4n) is 2.61. The molecule has 0 bridgehead atoms. The largest absolute Gasteiger partial charge is 0.336 e. The van der Waals surface area contributed by atoms with Gasteiger partial charge in [-0.15, -0.1) is 0 Å². The summed E-state index contributed by atoms with van der Waals surface area (Å²) in [6.07, 6.45) is 1.11. The molecule has 1 aliphatic rings. The Morgan fingerprint density at radius 3 is 3.00 bits per heavy atom. The summed E-state index contributed by atoms with van der Waals surface area (Å²) in [5.74, 6) is 0.197. The average Bonchev–Trinajstić information content (AvgIpc) is 2.73. The molecule has 2 rings (SSSR count). The van der Waals surface area contributed by atoms with E-state index >= 15 is 0 Å². The number of rotatable bonds is 5. The van der Waals surface area contributed by atoms with Crippen LogP contribution in [0.25, 0.3) is 0 Å². The average molecular weight is 290 g/mol. The summed E-state index contributed by atoms with van der Waals surface area (Å²) < 4.78 is 0. The lowest BCUT2D eigenvalue weighted by atomic mass is 10.3. The molecule has 116 valence electrons. The Kier molecular flexibility index (Phi) is 6.14. The Morgan fingerprint density at radius 2 is 2.24 bits per heavy atom. The topological polar surface area (TPSA) is 48.5 Å². The lowest BCUT2D eigenvalue weighted by molar-refractivity contribution is -0.132. The molecule has 1 saturated heterocycles. The molecule has 0 saturated carbocycles. The molecule has 0 aliphatic carbocycles. The van der Waals surface area contributed by atoms with Crippen LogP contribution in [0.15, 0.2) is 18.2 Å². The number of aromatic nitrogens is 1. The minimum atomic E-state index is 0.197. The zero-order valence-corrected chi connectivity index (χ0v) is 13.1. The molecule has 2 heterocycles. The van der Waals surface area contributed by atoms with E-state index in [0.717, 1.165) is 50.5 Å². The van der Waals surface area contributed by atoms with E-state index in [0.29, 0.717) is 13.1 Å². The van der Waals surface area contributed by atoms with Gasteiger partial charge < -0.3 is 10.2 Å². The van der Waals surface area contributed by atoms with Gasteiger partial charge in [0, 0.05) is 25.3 Å². The summed E-state index contributed by atoms with van der Waals surface area (Å²) in [7, 11) is 0. The first kappa shape index (κ1) is 15.9. The van der Waals surface area contributed by atoms with Crippen molar-refractivity contribution in [1.29, 1.82) is 0 Å². The van der Waals surface area contributed by atoms with Crippen LogP contribution in [0.1, 0.15) is 24.7 Å². The minimum Gasteiger partial charge on any atom is -0.336 e. The van der Waals surface area contributed by atoms with E-state index in [-0.39, 0.29) is 5.91 Å². The van der Waals surface area contributed by atoms with Crippen LogP contribution >= 0.6 is 0 Å². The molecule has 1 amide bonds. The maximum atomic E-state index is 12.5. The Morgan fingerprint density at radius 1 is 1.38 bits per heavy atom. The summed E-state index contributed by atoms with van der Waals surface area (Å²) in [6.45, 7) is 9.81. The molecule has 0 aromatic carbocycles. The minimum absolute atomic E-state index is 0.197. The number of hydrogen-bond acceptors (Lipinski definition) is 4. The molecule has 0 atom stereocenters. The highest BCUT2D eigenvalue weighted by atomic mass is 16.2. The number of nitrogens with zero attached hydrogens (tertiary/aromatic N) is 3. The van der Waals surface area contributed by atoms with E-state index in [1.165, 1.54) is 0 Å². The summed E-state index contributed by atoms with van der Waals surface area (Å²) in [4.78, 5) is 21.1. The highest BCUT2D eigenvalue weighted by Crippen LogP contribution is 2.05. The molecular weight excluding hydrogens is 264 g/mol. The van der Waals surface area contributed by atoms with E-state index in [1.54, 1.807) is 0 Å². The summed E-state index contributed by atoms with van der Waals surface area (Å²) in [5, 5.41) is 3.36. The molecule has 1 aromatic heterocycles. The quantitative estimate of drug-likeness (QED) is 0.880. The maximum absolute atomic E-state index is 12.5. The molecule has 0 spiro atoms. The molecule has 0 unspecified atom stereocenters. The van der Waals surface area contributed by atoms with Crippen molar-refractivity contribution in [1.82, 2.24) is 20.1 Å². The second-order valence-corrected chi connectivity index (χ2v) is 5.56. The number of amides is 1. The van der Waals surface area contributed by atoms with E-state index in [2.05, 4.69) is 15.2 Å². The monoisotopic (exact) mass is 290 g/mol. The first-order chi connectivity index (χ1) is 10.2. The van der Waals surface area contributed by atoms with Crippen LogP contribution in [-0.4, -0.2) is 60.0 Å². The number of carbonyl (C=O) groups excluding carboxylic acids is 1. The predicted molar refractivity (Wildman–Crippen MR) is 84.0 cm³/mol. The molecule has 1 fully saturated rings. The lowest BCUT2D eigenvalue weighted by Gasteiger charge is -2.25. The fraction of sp³-hybridized carbons (Fsp3) is 0.625. The van der Waals surface area contributed by atoms with Crippen molar-refractivity contribution < 1.29 is 4.79 Å². The third-order valence-electron chi connectivity index (χ3n) is 3.82. The lowest BCUT2D eigenvalue weighted by Crippen LogP contribution is -2.41. The fourth-order valence-corrected chi connectivity index (χ4v) is 2.61. The summed E-state index contributed by atoms with van der Waals surface area (Å²) in [5.41, 5.74) is 1.96. The van der Waals surface area contributed by atoms with E-state index in [4.69, 9.17) is 0 Å². The van der Waals surface area contributed by atoms with Crippen LogP contribution in [0.5, 0.6) is 0 Å². The van der Waals surface area contributed by atoms with Gasteiger partial charge in [-0.3, -0.25) is 14.7 Å². The third-order valence-corrected chi connectivity index (χ3v) is 3.82. The number of nitrogens with one attached hydrogen (secondary N) is 1. The smallest absolute Gasteiger partial charge is 0.237 e. The molecule has 5 heteroatoms. The maximum Gasteiger partial charge on any atom is 0.237 e. The van der Waals surface area contributed by atoms with Gasteiger partial charge in [0.1, 0.15) is 0 Å². The zero-order chi connectivity index (χ0) is 15.1. The third kappa shape index (κ3) is 5.10. The zero-order valence-electron chi connectivity index (χ0n) is 13.1. The molecule has 1 N–H and O–H groups in total. The van der Waals surface area contributed by atoms with Gasteiger partial charge in [-0.25, -0.2) is 0 Å². The SMILES string of the molecule is CCN(Cc1cccc(C)n1)C(=O)CN1CCCNCC1. The Balaban J connectivity index is 1.91. The number of likely N-dealkylation sites (N-methyl/N-ethyl adjacent to an activating group) is 1. The number of aryl methyl sites for hydroxylation is 1. The Bertz CT molecular complexity index is 455. The Labute approximate surface area is 127 Å². The Hall–Kier alpha value is -1.46. The van der Waals surface area contributed by atoms with Crippen molar-refractivity contribution in [3.8, 4) is 0 Å². The first-order valence-electron chi connectivity index (χ1n) is 7.82. The second kappa shape index (κ2) is 8.10. The van der Waals surface area contributed by atoms with Gasteiger partial charge >= 0.3 is 0 Å². The normalized spacial score (nSPS) is 16.5. The predicted octanol–water partition coefficient (Wildman–Crippen LogP) is 1.03. The highest BCUT2D eigenvalue weighted by Gasteiger charge is 2.17. The van der Waals surface area contributed by atoms with Crippen LogP contribution in [0.3, 0.4) is 0 Å². The van der Waals surface area contributed by atoms with Crippen molar-refractivity contribution in [3.05, 3.63) is 29.6 Å². The van der Waals surface area contributed by atoms with Gasteiger partial charge in [-0.05, 0) is 45.5 Å². The van der Waals surface area contributed by atoms with Gasteiger partial charge in [0.2, 0.25) is 5.91 Å². The van der Waals surface area contributed by atoms with E-state index in [9.17, 15) is 4.79 Å². The summed E-state index contributed by atoms with van der Waals surface area (Å²) in [6, 6.07) is 5.96. The van der Waals surface area contributed by atoms with Crippen molar-refractivity contribution in [3.63, 3.8) is 0 Å². The van der Waals surface area contributed by atoms with Gasteiger partial charge in [0.05, 0.1) is 18.8 Å². The molecule has 0 radical (unpaired) electrons. The van der Waals surface area contributed by atoms with Crippen molar-refractivity contribution in [2.24, 2.45) is 0 Å². The van der Waals surface area contributed by atoms with Crippen LogP contribution in [0.4, 0.5) is 0 Å². The number of carbonyl (C=O) groups is 1. The van der Waals surface area contributed by atoms with Gasteiger partial charge in [0.15, 0.2) is 0 Å². The molecule has 21 heavy (non-hydrogen) atoms. The number of hydrogen-bond donors (Lipinski definition) is 1. The van der Waals surface area contributed by atoms with E-state index < -0.39 is 0 Å². The van der Waals surface area contributed by atoms with Crippen LogP contribution < -0.4 is 5.32 Å². The van der Waals surface area contributed by atoms with Crippen LogP contribution in [0, 0.1) is 6.92 Å².